The normalized spacial score (nSPS) is 13.7. The summed E-state index contributed by atoms with van der Waals surface area (Å²) in [6, 6.07) is 8.45. The summed E-state index contributed by atoms with van der Waals surface area (Å²) >= 11 is 3.05. The molecule has 0 aliphatic heterocycles. The average molecular weight is 1050 g/mol. The van der Waals surface area contributed by atoms with Crippen LogP contribution in [0.2, 0.25) is 0 Å². The number of nitrogens with zero attached hydrogens (tertiary/aromatic N) is 3. The zero-order valence-corrected chi connectivity index (χ0v) is 40.7. The number of aromatic nitrogens is 2. The Kier molecular flexibility index (Phi) is 23.6. The van der Waals surface area contributed by atoms with Gasteiger partial charge < -0.3 is 46.5 Å². The van der Waals surface area contributed by atoms with Crippen molar-refractivity contribution >= 4 is 57.3 Å². The molecule has 0 spiro atoms. The molecule has 17 nitrogen and oxygen atoms in total. The highest BCUT2D eigenvalue weighted by Gasteiger charge is 2.40. The van der Waals surface area contributed by atoms with Crippen molar-refractivity contribution < 1.29 is 70.8 Å². The van der Waals surface area contributed by atoms with Crippen LogP contribution in [0.4, 0.5) is 22.0 Å². The second-order valence-corrected chi connectivity index (χ2v) is 18.2. The number of rotatable bonds is 24. The van der Waals surface area contributed by atoms with Crippen LogP contribution in [-0.4, -0.2) is 120 Å². The summed E-state index contributed by atoms with van der Waals surface area (Å²) in [6.45, 7) is 10.1. The minimum absolute atomic E-state index is 0.0133. The van der Waals surface area contributed by atoms with E-state index in [1.165, 1.54) is 11.8 Å². The van der Waals surface area contributed by atoms with E-state index in [-0.39, 0.29) is 73.1 Å². The van der Waals surface area contributed by atoms with Crippen molar-refractivity contribution in [2.45, 2.75) is 111 Å². The fraction of sp³-hybridized carbons (Fsp3) is 0.522. The quantitative estimate of drug-likeness (QED) is 0.0350. The molecule has 1 heterocycles. The van der Waals surface area contributed by atoms with E-state index in [0.29, 0.717) is 18.7 Å². The fourth-order valence-electron chi connectivity index (χ4n) is 7.01. The molecule has 0 saturated heterocycles. The summed E-state index contributed by atoms with van der Waals surface area (Å²) < 4.78 is 62.9. The zero-order chi connectivity index (χ0) is 52.4. The molecule has 3 rings (SSSR count). The summed E-state index contributed by atoms with van der Waals surface area (Å²) in [5, 5.41) is 34.9. The minimum Gasteiger partial charge on any atom is -0.480 e. The van der Waals surface area contributed by atoms with Gasteiger partial charge in [0, 0.05) is 43.7 Å². The lowest BCUT2D eigenvalue weighted by atomic mass is 9.84. The van der Waals surface area contributed by atoms with Crippen LogP contribution in [0.5, 0.6) is 0 Å². The van der Waals surface area contributed by atoms with Crippen LogP contribution in [-0.2, 0) is 40.1 Å². The van der Waals surface area contributed by atoms with Gasteiger partial charge in [-0.15, -0.1) is 0 Å². The van der Waals surface area contributed by atoms with Gasteiger partial charge in [-0.1, -0.05) is 87.8 Å². The fourth-order valence-corrected chi connectivity index (χ4v) is 7.17. The number of benzene rings is 2. The molecule has 23 heteroatoms. The molecule has 2 aromatic carbocycles. The number of Topliss-reactive ketones (excluding diaryl/α,β-unsaturated/α-hetero) is 1. The maximum absolute atomic E-state index is 15.0. The van der Waals surface area contributed by atoms with Crippen LogP contribution in [0, 0.1) is 28.9 Å². The molecule has 1 aromatic heterocycles. The van der Waals surface area contributed by atoms with Crippen LogP contribution in [0.15, 0.2) is 54.7 Å². The van der Waals surface area contributed by atoms with Crippen molar-refractivity contribution in [1.82, 2.24) is 30.4 Å². The van der Waals surface area contributed by atoms with Gasteiger partial charge in [-0.25, -0.2) is 23.4 Å². The van der Waals surface area contributed by atoms with E-state index in [0.717, 1.165) is 23.8 Å². The number of aliphatic hydroxyl groups excluding tert-OH is 1. The monoisotopic (exact) mass is 1050 g/mol. The molecule has 8 N–H and O–H groups in total. The van der Waals surface area contributed by atoms with Crippen LogP contribution in [0.3, 0.4) is 0 Å². The number of nitrogens with one attached hydrogen (secondary N) is 3. The lowest BCUT2D eigenvalue weighted by Crippen LogP contribution is -2.48. The number of amides is 4. The number of unbranched alkanes of at least 4 members (excludes halogenated alkanes) is 1. The third-order valence-electron chi connectivity index (χ3n) is 10.5. The van der Waals surface area contributed by atoms with Gasteiger partial charge in [0.25, 0.3) is 0 Å². The Balaban J connectivity index is 0.00000216. The molecule has 0 aliphatic carbocycles. The summed E-state index contributed by atoms with van der Waals surface area (Å²) in [6.07, 6.45) is -3.03. The number of alkyl halides is 4. The summed E-state index contributed by atoms with van der Waals surface area (Å²) in [7, 11) is 0. The number of carbonyl (C=O) groups excluding carboxylic acids is 5. The number of aliphatic carboxylic acids is 2. The van der Waals surface area contributed by atoms with E-state index in [1.807, 2.05) is 51.1 Å². The molecule has 5 atom stereocenters. The molecule has 382 valence electrons. The minimum atomic E-state index is -5.08. The molecule has 3 aromatic rings. The van der Waals surface area contributed by atoms with Gasteiger partial charge in [0.2, 0.25) is 23.6 Å². The number of halogens is 6. The van der Waals surface area contributed by atoms with Gasteiger partial charge in [0.1, 0.15) is 30.1 Å². The molecule has 0 unspecified atom stereocenters. The summed E-state index contributed by atoms with van der Waals surface area (Å²) in [4.78, 5) is 91.2. The highest BCUT2D eigenvalue weighted by Crippen LogP contribution is 2.39. The van der Waals surface area contributed by atoms with Gasteiger partial charge >= 0.3 is 18.1 Å². The van der Waals surface area contributed by atoms with Crippen molar-refractivity contribution in [2.75, 3.05) is 25.0 Å². The first kappa shape index (κ1) is 59.3. The Labute approximate surface area is 404 Å². The Morgan fingerprint density at radius 2 is 1.52 bits per heavy atom. The highest BCUT2D eigenvalue weighted by atomic mass is 79.9. The molecule has 0 saturated carbocycles. The van der Waals surface area contributed by atoms with Gasteiger partial charge in [-0.3, -0.25) is 24.0 Å². The molecular formula is C46H61BrF5N7O10. The maximum Gasteiger partial charge on any atom is 0.490 e. The first-order chi connectivity index (χ1) is 32.1. The number of imidazole rings is 1. The first-order valence-electron chi connectivity index (χ1n) is 21.8. The molecule has 69 heavy (non-hydrogen) atoms. The van der Waals surface area contributed by atoms with Crippen molar-refractivity contribution in [3.05, 3.63) is 77.8 Å². The number of ketones is 1. The predicted molar refractivity (Wildman–Crippen MR) is 246 cm³/mol. The highest BCUT2D eigenvalue weighted by molar-refractivity contribution is 9.09. The van der Waals surface area contributed by atoms with Crippen molar-refractivity contribution in [3.63, 3.8) is 0 Å². The number of hydrogen-bond donors (Lipinski definition) is 7. The lowest BCUT2D eigenvalue weighted by Gasteiger charge is -2.40. The van der Waals surface area contributed by atoms with Crippen molar-refractivity contribution in [1.29, 1.82) is 0 Å². The topological polar surface area (TPSA) is 263 Å². The van der Waals surface area contributed by atoms with Gasteiger partial charge in [-0.2, -0.15) is 13.2 Å². The number of carbonyl (C=O) groups is 7. The molecule has 0 bridgehead atoms. The third-order valence-corrected chi connectivity index (χ3v) is 11.0. The van der Waals surface area contributed by atoms with Gasteiger partial charge in [0.15, 0.2) is 5.78 Å². The number of carboxylic acid groups (broad SMARTS) is 2. The Morgan fingerprint density at radius 1 is 0.899 bits per heavy atom. The molecule has 0 fully saturated rings. The predicted octanol–water partition coefficient (Wildman–Crippen LogP) is 5.12. The van der Waals surface area contributed by atoms with E-state index in [1.54, 1.807) is 24.6 Å². The standard InChI is InChI=1S/C44H60BrF2N7O8.C2HF3O2/c1-26(2)38(52-36(57)22-45)35(56)20-27(3)41(59)51-33(43(61)62)14-10-11-18-49-42(60)32(48)17-19-54(37(58)25-55)39(44(4,5)6)40-50-34(30-21-29(46)15-16-31(30)47)24-53(40)23-28-12-8-7-9-13-28;3-2(4,5)1(6)7/h7-9,12-13,15-16,21,24,26-27,32-33,38-39,55H,10-11,14,17-20,22-23,25,48H2,1-6H3,(H,49,60)(H,51,59)(H,52,57)(H,61,62);(H,6,7)/t27-,32+,33+,38+,39+;/m1./s1. The van der Waals surface area contributed by atoms with E-state index in [9.17, 15) is 56.5 Å². The van der Waals surface area contributed by atoms with Crippen molar-refractivity contribution in [2.24, 2.45) is 23.0 Å². The second-order valence-electron chi connectivity index (χ2n) is 17.6. The maximum atomic E-state index is 15.0. The van der Waals surface area contributed by atoms with E-state index in [2.05, 4.69) is 31.9 Å². The first-order valence-corrected chi connectivity index (χ1v) is 23.0. The SMILES string of the molecule is CC(C)[C@H](NC(=O)CBr)C(=O)C[C@@H](C)C(=O)N[C@@H](CCCCNC(=O)[C@@H](N)CCN(C(=O)CO)[C@@H](c1nc(-c2cc(F)ccc2F)cn1Cc1ccccc1)C(C)(C)C)C(=O)O.O=C(O)C(F)(F)F. The largest absolute Gasteiger partial charge is 0.490 e. The Morgan fingerprint density at radius 3 is 2.06 bits per heavy atom. The van der Waals surface area contributed by atoms with E-state index < -0.39 is 89.6 Å². The van der Waals surface area contributed by atoms with Crippen LogP contribution >= 0.6 is 15.9 Å². The molecular weight excluding hydrogens is 985 g/mol. The smallest absolute Gasteiger partial charge is 0.480 e. The lowest BCUT2D eigenvalue weighted by molar-refractivity contribution is -0.192. The van der Waals surface area contributed by atoms with E-state index >= 15 is 4.39 Å². The molecule has 4 amide bonds. The average Bonchev–Trinajstić information content (AvgIpc) is 3.67. The van der Waals surface area contributed by atoms with E-state index in [4.69, 9.17) is 20.6 Å². The number of nitrogens with two attached hydrogens (primary N) is 1. The zero-order valence-electron chi connectivity index (χ0n) is 39.1. The Bertz CT molecular complexity index is 2220. The number of hydrogen-bond acceptors (Lipinski definition) is 10. The van der Waals surface area contributed by atoms with Crippen LogP contribution < -0.4 is 21.7 Å². The molecule has 0 radical (unpaired) electrons. The molecule has 0 aliphatic rings. The van der Waals surface area contributed by atoms with Gasteiger partial charge in [-0.05, 0) is 60.8 Å². The van der Waals surface area contributed by atoms with Crippen LogP contribution in [0.25, 0.3) is 11.3 Å². The Hall–Kier alpha value is -5.81. The summed E-state index contributed by atoms with van der Waals surface area (Å²) in [5.74, 6) is -8.63. The summed E-state index contributed by atoms with van der Waals surface area (Å²) in [5.41, 5.74) is 6.51. The van der Waals surface area contributed by atoms with Crippen molar-refractivity contribution in [3.8, 4) is 11.3 Å². The number of carboxylic acids is 2. The second kappa shape index (κ2) is 27.4. The van der Waals surface area contributed by atoms with Crippen LogP contribution in [0.1, 0.15) is 91.1 Å². The number of aliphatic hydroxyl groups is 1. The van der Waals surface area contributed by atoms with Gasteiger partial charge in [0.05, 0.1) is 29.1 Å². The third kappa shape index (κ3) is 19.2.